The van der Waals surface area contributed by atoms with E-state index >= 15 is 0 Å². The van der Waals surface area contributed by atoms with Crippen molar-refractivity contribution in [2.45, 2.75) is 6.54 Å². The largest absolute Gasteiger partial charge is 0.465 e. The topological polar surface area (TPSA) is 100.0 Å². The number of amides is 1. The van der Waals surface area contributed by atoms with Gasteiger partial charge in [-0.05, 0) is 15.9 Å². The van der Waals surface area contributed by atoms with Crippen molar-refractivity contribution in [2.75, 3.05) is 31.9 Å². The summed E-state index contributed by atoms with van der Waals surface area (Å²) in [5.74, 6) is 0.353. The van der Waals surface area contributed by atoms with Crippen molar-refractivity contribution in [2.24, 2.45) is 0 Å². The Balaban J connectivity index is 1.85. The van der Waals surface area contributed by atoms with Crippen LogP contribution in [0.1, 0.15) is 5.69 Å². The minimum Gasteiger partial charge on any atom is -0.465 e. The van der Waals surface area contributed by atoms with Gasteiger partial charge in [0.05, 0.1) is 15.2 Å². The summed E-state index contributed by atoms with van der Waals surface area (Å²) in [4.78, 5) is 18.4. The van der Waals surface area contributed by atoms with Crippen LogP contribution < -0.4 is 5.73 Å². The molecule has 0 aliphatic carbocycles. The van der Waals surface area contributed by atoms with E-state index in [1.807, 2.05) is 0 Å². The Morgan fingerprint density at radius 1 is 1.41 bits per heavy atom. The molecule has 2 aromatic heterocycles. The van der Waals surface area contributed by atoms with Crippen LogP contribution in [-0.2, 0) is 6.54 Å². The first-order valence-corrected chi connectivity index (χ1v) is 7.81. The monoisotopic (exact) mass is 388 g/mol. The quantitative estimate of drug-likeness (QED) is 0.808. The van der Waals surface area contributed by atoms with Crippen molar-refractivity contribution >= 4 is 45.0 Å². The Bertz CT molecular complexity index is 728. The summed E-state index contributed by atoms with van der Waals surface area (Å²) in [6, 6.07) is 0. The molecule has 0 saturated carbocycles. The standard InChI is InChI=1S/C12H14BrClN6O2/c13-8-9(14)7(20-10(8)11(15)16-6-17-20)5-18-1-3-19(4-2-18)12(21)22/h6H,1-5H2,(H,21,22)(H2,15,16,17). The molecule has 0 unspecified atom stereocenters. The zero-order chi connectivity index (χ0) is 15.9. The Hall–Kier alpha value is -1.58. The molecule has 0 radical (unpaired) electrons. The zero-order valence-corrected chi connectivity index (χ0v) is 13.9. The van der Waals surface area contributed by atoms with Gasteiger partial charge in [-0.25, -0.2) is 14.3 Å². The lowest BCUT2D eigenvalue weighted by atomic mass is 10.3. The summed E-state index contributed by atoms with van der Waals surface area (Å²) in [6.07, 6.45) is 0.505. The van der Waals surface area contributed by atoms with E-state index < -0.39 is 6.09 Å². The number of anilines is 1. The van der Waals surface area contributed by atoms with Gasteiger partial charge in [-0.2, -0.15) is 5.10 Å². The Kier molecular flexibility index (Phi) is 4.11. The first-order valence-electron chi connectivity index (χ1n) is 6.64. The van der Waals surface area contributed by atoms with Crippen LogP contribution in [0.2, 0.25) is 5.02 Å². The van der Waals surface area contributed by atoms with Gasteiger partial charge in [0, 0.05) is 32.7 Å². The molecule has 1 aliphatic heterocycles. The van der Waals surface area contributed by atoms with Crippen molar-refractivity contribution in [1.82, 2.24) is 24.4 Å². The molecule has 0 spiro atoms. The maximum Gasteiger partial charge on any atom is 0.407 e. The van der Waals surface area contributed by atoms with Crippen molar-refractivity contribution in [3.8, 4) is 0 Å². The highest BCUT2D eigenvalue weighted by Crippen LogP contribution is 2.35. The number of nitrogen functional groups attached to an aromatic ring is 1. The van der Waals surface area contributed by atoms with Gasteiger partial charge in [0.1, 0.15) is 11.8 Å². The van der Waals surface area contributed by atoms with Crippen molar-refractivity contribution in [3.05, 3.63) is 21.5 Å². The number of hydrogen-bond acceptors (Lipinski definition) is 5. The van der Waals surface area contributed by atoms with Gasteiger partial charge in [-0.1, -0.05) is 11.6 Å². The fourth-order valence-corrected chi connectivity index (χ4v) is 3.38. The number of nitrogens with two attached hydrogens (primary N) is 1. The van der Waals surface area contributed by atoms with E-state index in [1.165, 1.54) is 11.2 Å². The fraction of sp³-hybridized carbons (Fsp3) is 0.417. The maximum absolute atomic E-state index is 10.9. The predicted molar refractivity (Wildman–Crippen MR) is 85.0 cm³/mol. The van der Waals surface area contributed by atoms with Crippen LogP contribution in [0.5, 0.6) is 0 Å². The molecule has 0 atom stereocenters. The molecule has 1 amide bonds. The van der Waals surface area contributed by atoms with Gasteiger partial charge in [0.25, 0.3) is 0 Å². The molecule has 2 aromatic rings. The molecule has 0 aromatic carbocycles. The fourth-order valence-electron chi connectivity index (χ4n) is 2.55. The number of piperazine rings is 1. The Labute approximate surface area is 139 Å². The normalized spacial score (nSPS) is 16.4. The van der Waals surface area contributed by atoms with Crippen molar-refractivity contribution < 1.29 is 9.90 Å². The second-order valence-electron chi connectivity index (χ2n) is 5.03. The number of carboxylic acid groups (broad SMARTS) is 1. The second kappa shape index (κ2) is 5.90. The van der Waals surface area contributed by atoms with Crippen LogP contribution in [0.25, 0.3) is 5.52 Å². The lowest BCUT2D eigenvalue weighted by molar-refractivity contribution is 0.102. The van der Waals surface area contributed by atoms with E-state index in [-0.39, 0.29) is 0 Å². The lowest BCUT2D eigenvalue weighted by Crippen LogP contribution is -2.47. The number of halogens is 2. The minimum atomic E-state index is -0.880. The number of carbonyl (C=O) groups is 1. The van der Waals surface area contributed by atoms with Crippen LogP contribution in [0.15, 0.2) is 10.8 Å². The highest BCUT2D eigenvalue weighted by molar-refractivity contribution is 9.10. The molecule has 1 saturated heterocycles. The minimum absolute atomic E-state index is 0.353. The van der Waals surface area contributed by atoms with Crippen LogP contribution in [-0.4, -0.2) is 61.8 Å². The molecule has 3 rings (SSSR count). The van der Waals surface area contributed by atoms with E-state index in [2.05, 4.69) is 30.9 Å². The summed E-state index contributed by atoms with van der Waals surface area (Å²) < 4.78 is 2.35. The summed E-state index contributed by atoms with van der Waals surface area (Å²) in [5.41, 5.74) is 7.33. The van der Waals surface area contributed by atoms with E-state index in [0.29, 0.717) is 53.6 Å². The van der Waals surface area contributed by atoms with E-state index in [4.69, 9.17) is 22.4 Å². The van der Waals surface area contributed by atoms with Crippen molar-refractivity contribution in [3.63, 3.8) is 0 Å². The third kappa shape index (κ3) is 2.59. The molecular weight excluding hydrogens is 376 g/mol. The van der Waals surface area contributed by atoms with Crippen LogP contribution in [0, 0.1) is 0 Å². The summed E-state index contributed by atoms with van der Waals surface area (Å²) in [5, 5.41) is 13.7. The molecule has 3 N–H and O–H groups in total. The maximum atomic E-state index is 10.9. The number of hydrogen-bond donors (Lipinski definition) is 2. The summed E-state index contributed by atoms with van der Waals surface area (Å²) >= 11 is 9.81. The highest BCUT2D eigenvalue weighted by Gasteiger charge is 2.24. The third-order valence-electron chi connectivity index (χ3n) is 3.74. The van der Waals surface area contributed by atoms with Gasteiger partial charge < -0.3 is 15.7 Å². The SMILES string of the molecule is Nc1ncnn2c(CN3CCN(C(=O)O)CC3)c(Cl)c(Br)c12. The van der Waals surface area contributed by atoms with E-state index in [0.717, 1.165) is 5.69 Å². The molecule has 8 nitrogen and oxygen atoms in total. The summed E-state index contributed by atoms with van der Waals surface area (Å²) in [6.45, 7) is 2.82. The molecule has 3 heterocycles. The lowest BCUT2D eigenvalue weighted by Gasteiger charge is -2.32. The number of rotatable bonds is 2. The number of fused-ring (bicyclic) bond motifs is 1. The van der Waals surface area contributed by atoms with Crippen LogP contribution in [0.4, 0.5) is 10.6 Å². The van der Waals surface area contributed by atoms with Gasteiger partial charge in [-0.15, -0.1) is 0 Å². The number of nitrogens with zero attached hydrogens (tertiary/aromatic N) is 5. The van der Waals surface area contributed by atoms with Crippen LogP contribution in [0.3, 0.4) is 0 Å². The highest BCUT2D eigenvalue weighted by atomic mass is 79.9. The molecule has 1 aliphatic rings. The first kappa shape index (κ1) is 15.3. The Morgan fingerprint density at radius 2 is 2.09 bits per heavy atom. The Morgan fingerprint density at radius 3 is 2.73 bits per heavy atom. The average molecular weight is 390 g/mol. The van der Waals surface area contributed by atoms with Gasteiger partial charge >= 0.3 is 6.09 Å². The van der Waals surface area contributed by atoms with Crippen LogP contribution >= 0.6 is 27.5 Å². The molecule has 10 heteroatoms. The predicted octanol–water partition coefficient (Wildman–Crippen LogP) is 1.52. The van der Waals surface area contributed by atoms with E-state index in [1.54, 1.807) is 4.52 Å². The molecule has 0 bridgehead atoms. The average Bonchev–Trinajstić information content (AvgIpc) is 2.74. The smallest absolute Gasteiger partial charge is 0.407 e. The molecule has 1 fully saturated rings. The summed E-state index contributed by atoms with van der Waals surface area (Å²) in [7, 11) is 0. The second-order valence-corrected chi connectivity index (χ2v) is 6.20. The van der Waals surface area contributed by atoms with E-state index in [9.17, 15) is 4.79 Å². The van der Waals surface area contributed by atoms with Gasteiger partial charge in [-0.3, -0.25) is 4.90 Å². The van der Waals surface area contributed by atoms with Gasteiger partial charge in [0.2, 0.25) is 0 Å². The van der Waals surface area contributed by atoms with Gasteiger partial charge in [0.15, 0.2) is 5.82 Å². The van der Waals surface area contributed by atoms with Crippen molar-refractivity contribution in [1.29, 1.82) is 0 Å². The number of aromatic nitrogens is 3. The zero-order valence-electron chi connectivity index (χ0n) is 11.5. The first-order chi connectivity index (χ1) is 10.5. The third-order valence-corrected chi connectivity index (χ3v) is 5.15. The molecule has 22 heavy (non-hydrogen) atoms. The molecular formula is C12H14BrClN6O2. The molecule has 118 valence electrons.